The van der Waals surface area contributed by atoms with E-state index in [0.29, 0.717) is 11.6 Å². The molecule has 1 aromatic heterocycles. The van der Waals surface area contributed by atoms with E-state index in [1.807, 2.05) is 24.3 Å². The van der Waals surface area contributed by atoms with Crippen molar-refractivity contribution in [3.63, 3.8) is 0 Å². The maximum absolute atomic E-state index is 12.0. The minimum Gasteiger partial charge on any atom is -0.497 e. The molecule has 102 valence electrons. The quantitative estimate of drug-likeness (QED) is 0.805. The maximum atomic E-state index is 12.0. The van der Waals surface area contributed by atoms with E-state index in [9.17, 15) is 4.79 Å². The van der Waals surface area contributed by atoms with Crippen LogP contribution >= 0.6 is 11.6 Å². The van der Waals surface area contributed by atoms with Crippen molar-refractivity contribution in [1.82, 2.24) is 9.55 Å². The molecule has 0 aliphatic rings. The predicted octanol–water partition coefficient (Wildman–Crippen LogP) is 3.04. The van der Waals surface area contributed by atoms with E-state index in [2.05, 4.69) is 4.98 Å². The zero-order valence-electron chi connectivity index (χ0n) is 10.9. The van der Waals surface area contributed by atoms with Crippen LogP contribution in [0.1, 0.15) is 5.56 Å². The highest BCUT2D eigenvalue weighted by Gasteiger charge is 2.08. The third-order valence-corrected chi connectivity index (χ3v) is 3.45. The number of rotatable bonds is 3. The van der Waals surface area contributed by atoms with Gasteiger partial charge in [-0.15, -0.1) is 0 Å². The van der Waals surface area contributed by atoms with Crippen molar-refractivity contribution in [1.29, 1.82) is 0 Å². The van der Waals surface area contributed by atoms with Crippen molar-refractivity contribution < 1.29 is 4.74 Å². The molecule has 0 saturated carbocycles. The van der Waals surface area contributed by atoms with E-state index >= 15 is 0 Å². The molecule has 20 heavy (non-hydrogen) atoms. The Hall–Kier alpha value is -2.20. The van der Waals surface area contributed by atoms with Crippen molar-refractivity contribution in [2.45, 2.75) is 6.54 Å². The Balaban J connectivity index is 2.07. The summed E-state index contributed by atoms with van der Waals surface area (Å²) in [6, 6.07) is 13.0. The predicted molar refractivity (Wildman–Crippen MR) is 79.7 cm³/mol. The summed E-state index contributed by atoms with van der Waals surface area (Å²) in [5, 5.41) is 0.607. The van der Waals surface area contributed by atoms with Crippen LogP contribution in [0.5, 0.6) is 5.75 Å². The van der Waals surface area contributed by atoms with Gasteiger partial charge in [0.15, 0.2) is 0 Å². The van der Waals surface area contributed by atoms with Crippen LogP contribution in [0.3, 0.4) is 0 Å². The van der Waals surface area contributed by atoms with E-state index in [-0.39, 0.29) is 5.69 Å². The summed E-state index contributed by atoms with van der Waals surface area (Å²) in [6.45, 7) is 0.469. The number of imidazole rings is 1. The van der Waals surface area contributed by atoms with Crippen LogP contribution in [-0.4, -0.2) is 16.7 Å². The van der Waals surface area contributed by atoms with Gasteiger partial charge in [-0.2, -0.15) is 0 Å². The van der Waals surface area contributed by atoms with E-state index < -0.39 is 0 Å². The Bertz CT molecular complexity index is 820. The van der Waals surface area contributed by atoms with Crippen LogP contribution in [0, 0.1) is 0 Å². The number of H-pyrrole nitrogens is 1. The first-order valence-electron chi connectivity index (χ1n) is 6.18. The summed E-state index contributed by atoms with van der Waals surface area (Å²) in [6.07, 6.45) is 0. The highest BCUT2D eigenvalue weighted by atomic mass is 35.5. The van der Waals surface area contributed by atoms with E-state index in [1.54, 1.807) is 29.9 Å². The number of hydrogen-bond acceptors (Lipinski definition) is 2. The van der Waals surface area contributed by atoms with E-state index in [4.69, 9.17) is 16.3 Å². The molecule has 0 spiro atoms. The number of aromatic amines is 1. The molecular weight excluding hydrogens is 276 g/mol. The minimum atomic E-state index is -0.148. The van der Waals surface area contributed by atoms with Gasteiger partial charge in [-0.05, 0) is 35.9 Å². The minimum absolute atomic E-state index is 0.148. The molecule has 1 N–H and O–H groups in total. The third-order valence-electron chi connectivity index (χ3n) is 3.21. The second-order valence-electron chi connectivity index (χ2n) is 4.53. The summed E-state index contributed by atoms with van der Waals surface area (Å²) >= 11 is 6.00. The lowest BCUT2D eigenvalue weighted by molar-refractivity contribution is 0.414. The fourth-order valence-corrected chi connectivity index (χ4v) is 2.40. The number of aromatic nitrogens is 2. The molecule has 0 aliphatic heterocycles. The van der Waals surface area contributed by atoms with Gasteiger partial charge in [-0.1, -0.05) is 23.7 Å². The zero-order valence-corrected chi connectivity index (χ0v) is 11.6. The Morgan fingerprint density at radius 2 is 2.10 bits per heavy atom. The summed E-state index contributed by atoms with van der Waals surface area (Å²) in [5.74, 6) is 0.772. The average Bonchev–Trinajstić information content (AvgIpc) is 2.75. The first-order chi connectivity index (χ1) is 9.67. The Morgan fingerprint density at radius 1 is 1.25 bits per heavy atom. The Kier molecular flexibility index (Phi) is 3.24. The Morgan fingerprint density at radius 3 is 2.90 bits per heavy atom. The summed E-state index contributed by atoms with van der Waals surface area (Å²) in [7, 11) is 1.62. The van der Waals surface area contributed by atoms with Gasteiger partial charge in [0.1, 0.15) is 5.75 Å². The van der Waals surface area contributed by atoms with Crippen molar-refractivity contribution in [3.8, 4) is 5.75 Å². The number of fused-ring (bicyclic) bond motifs is 1. The van der Waals surface area contributed by atoms with Gasteiger partial charge in [0.2, 0.25) is 0 Å². The largest absolute Gasteiger partial charge is 0.497 e. The fourth-order valence-electron chi connectivity index (χ4n) is 2.24. The van der Waals surface area contributed by atoms with Gasteiger partial charge in [-0.3, -0.25) is 4.57 Å². The van der Waals surface area contributed by atoms with Gasteiger partial charge in [0.25, 0.3) is 0 Å². The van der Waals surface area contributed by atoms with Gasteiger partial charge in [0, 0.05) is 5.02 Å². The maximum Gasteiger partial charge on any atom is 0.326 e. The lowest BCUT2D eigenvalue weighted by Crippen LogP contribution is -2.17. The molecular formula is C15H13ClN2O2. The zero-order chi connectivity index (χ0) is 14.1. The van der Waals surface area contributed by atoms with Gasteiger partial charge in [-0.25, -0.2) is 4.79 Å². The SMILES string of the molecule is COc1cccc(Cn2c(=O)[nH]c3ccc(Cl)cc32)c1. The topological polar surface area (TPSA) is 47.0 Å². The second-order valence-corrected chi connectivity index (χ2v) is 4.97. The molecule has 0 aliphatic carbocycles. The standard InChI is InChI=1S/C15H13ClN2O2/c1-20-12-4-2-3-10(7-12)9-18-14-8-11(16)5-6-13(14)17-15(18)19/h2-8H,9H2,1H3,(H,17,19). The monoisotopic (exact) mass is 288 g/mol. The molecule has 0 fully saturated rings. The van der Waals surface area contributed by atoms with Crippen molar-refractivity contribution in [2.75, 3.05) is 7.11 Å². The molecule has 3 aromatic rings. The summed E-state index contributed by atoms with van der Waals surface area (Å²) < 4.78 is 6.86. The summed E-state index contributed by atoms with van der Waals surface area (Å²) in [5.41, 5.74) is 2.42. The van der Waals surface area contributed by atoms with Crippen LogP contribution in [0.2, 0.25) is 5.02 Å². The first kappa shape index (κ1) is 12.8. The average molecular weight is 289 g/mol. The molecule has 0 bridgehead atoms. The Labute approximate surface area is 120 Å². The number of ether oxygens (including phenoxy) is 1. The molecule has 0 amide bonds. The van der Waals surface area contributed by atoms with Gasteiger partial charge >= 0.3 is 5.69 Å². The molecule has 0 atom stereocenters. The number of hydrogen-bond donors (Lipinski definition) is 1. The van der Waals surface area contributed by atoms with Crippen molar-refractivity contribution >= 4 is 22.6 Å². The molecule has 0 unspecified atom stereocenters. The lowest BCUT2D eigenvalue weighted by atomic mass is 10.2. The number of nitrogens with zero attached hydrogens (tertiary/aromatic N) is 1. The number of benzene rings is 2. The molecule has 3 rings (SSSR count). The fraction of sp³-hybridized carbons (Fsp3) is 0.133. The first-order valence-corrected chi connectivity index (χ1v) is 6.56. The molecule has 2 aromatic carbocycles. The molecule has 0 saturated heterocycles. The molecule has 5 heteroatoms. The van der Waals surface area contributed by atoms with Crippen LogP contribution in [0.25, 0.3) is 11.0 Å². The lowest BCUT2D eigenvalue weighted by Gasteiger charge is -2.06. The normalized spacial score (nSPS) is 10.9. The van der Waals surface area contributed by atoms with Crippen LogP contribution in [0.15, 0.2) is 47.3 Å². The van der Waals surface area contributed by atoms with Crippen LogP contribution < -0.4 is 10.4 Å². The van der Waals surface area contributed by atoms with Crippen LogP contribution in [0.4, 0.5) is 0 Å². The van der Waals surface area contributed by atoms with Crippen LogP contribution in [-0.2, 0) is 6.54 Å². The van der Waals surface area contributed by atoms with E-state index in [0.717, 1.165) is 22.3 Å². The highest BCUT2D eigenvalue weighted by Crippen LogP contribution is 2.19. The highest BCUT2D eigenvalue weighted by molar-refractivity contribution is 6.31. The molecule has 4 nitrogen and oxygen atoms in total. The summed E-state index contributed by atoms with van der Waals surface area (Å²) in [4.78, 5) is 14.9. The van der Waals surface area contributed by atoms with Crippen molar-refractivity contribution in [3.05, 3.63) is 63.5 Å². The van der Waals surface area contributed by atoms with Gasteiger partial charge in [0.05, 0.1) is 24.7 Å². The second kappa shape index (κ2) is 5.06. The number of nitrogens with one attached hydrogen (secondary N) is 1. The third kappa shape index (κ3) is 2.30. The number of halogens is 1. The van der Waals surface area contributed by atoms with E-state index in [1.165, 1.54) is 0 Å². The molecule has 1 heterocycles. The molecule has 0 radical (unpaired) electrons. The number of methoxy groups -OCH3 is 1. The van der Waals surface area contributed by atoms with Gasteiger partial charge < -0.3 is 9.72 Å². The smallest absolute Gasteiger partial charge is 0.326 e. The van der Waals surface area contributed by atoms with Crippen molar-refractivity contribution in [2.24, 2.45) is 0 Å².